The van der Waals surface area contributed by atoms with Crippen LogP contribution in [0, 0.1) is 17.7 Å². The van der Waals surface area contributed by atoms with E-state index in [-0.39, 0.29) is 11.7 Å². The van der Waals surface area contributed by atoms with Crippen molar-refractivity contribution in [3.63, 3.8) is 0 Å². The number of nitrogens with one attached hydrogen (secondary N) is 1. The molecule has 1 heterocycles. The van der Waals surface area contributed by atoms with E-state index in [0.717, 1.165) is 17.7 Å². The Bertz CT molecular complexity index is 768. The molecule has 5 heteroatoms. The molecule has 0 atom stereocenters. The lowest BCUT2D eigenvalue weighted by atomic mass is 9.86. The molecule has 0 unspecified atom stereocenters. The average Bonchev–Trinajstić information content (AvgIpc) is 2.64. The molecule has 0 aliphatic heterocycles. The van der Waals surface area contributed by atoms with Crippen molar-refractivity contribution < 1.29 is 9.18 Å². The predicted molar refractivity (Wildman–Crippen MR) is 106 cm³/mol. The summed E-state index contributed by atoms with van der Waals surface area (Å²) in [4.78, 5) is 21.5. The highest BCUT2D eigenvalue weighted by Gasteiger charge is 2.19. The summed E-state index contributed by atoms with van der Waals surface area (Å²) >= 11 is 0. The van der Waals surface area contributed by atoms with E-state index in [2.05, 4.69) is 10.3 Å². The number of benzene rings is 1. The number of carbonyl (C=O) groups is 1. The molecule has 0 saturated heterocycles. The van der Waals surface area contributed by atoms with E-state index in [0.29, 0.717) is 29.8 Å². The maximum atomic E-state index is 13.2. The highest BCUT2D eigenvalue weighted by molar-refractivity contribution is 5.90. The van der Waals surface area contributed by atoms with Gasteiger partial charge in [-0.2, -0.15) is 0 Å². The van der Waals surface area contributed by atoms with Crippen molar-refractivity contribution in [1.29, 1.82) is 0 Å². The number of rotatable bonds is 6. The van der Waals surface area contributed by atoms with Crippen LogP contribution in [0.1, 0.15) is 58.1 Å². The van der Waals surface area contributed by atoms with Crippen LogP contribution in [0.5, 0.6) is 0 Å². The lowest BCUT2D eigenvalue weighted by Crippen LogP contribution is -2.19. The van der Waals surface area contributed by atoms with E-state index in [1.54, 1.807) is 18.3 Å². The van der Waals surface area contributed by atoms with Crippen molar-refractivity contribution in [1.82, 2.24) is 9.97 Å². The first kappa shape index (κ1) is 19.5. The number of nitrogens with zero attached hydrogens (tertiary/aromatic N) is 2. The van der Waals surface area contributed by atoms with Crippen LogP contribution in [0.15, 0.2) is 30.5 Å². The normalized spacial score (nSPS) is 15.1. The molecule has 1 aromatic heterocycles. The minimum Gasteiger partial charge on any atom is -0.309 e. The van der Waals surface area contributed by atoms with Crippen LogP contribution in [-0.2, 0) is 11.2 Å². The van der Waals surface area contributed by atoms with Crippen molar-refractivity contribution in [3.8, 4) is 11.3 Å². The first-order chi connectivity index (χ1) is 13.0. The summed E-state index contributed by atoms with van der Waals surface area (Å²) in [6.45, 7) is 4.04. The molecule has 1 aromatic carbocycles. The van der Waals surface area contributed by atoms with Crippen molar-refractivity contribution >= 4 is 11.7 Å². The minimum atomic E-state index is -0.272. The Balaban J connectivity index is 1.86. The van der Waals surface area contributed by atoms with E-state index >= 15 is 0 Å². The minimum absolute atomic E-state index is 0.0290. The Morgan fingerprint density at radius 1 is 1.19 bits per heavy atom. The SMILES string of the molecule is CC(C)CC(=O)Nc1ncc(-c2ccc(F)cc2)nc1CC1CCCCC1. The number of aromatic nitrogens is 2. The molecule has 0 spiro atoms. The standard InChI is InChI=1S/C22H28FN3O/c1-15(2)12-21(27)26-22-19(13-16-6-4-3-5-7-16)25-20(14-24-22)17-8-10-18(23)11-9-17/h8-11,14-16H,3-7,12-13H2,1-2H3,(H,24,26,27). The molecule has 1 amide bonds. The third-order valence-electron chi connectivity index (χ3n) is 5.04. The highest BCUT2D eigenvalue weighted by Crippen LogP contribution is 2.29. The summed E-state index contributed by atoms with van der Waals surface area (Å²) in [5.41, 5.74) is 2.37. The molecule has 0 bridgehead atoms. The lowest BCUT2D eigenvalue weighted by molar-refractivity contribution is -0.116. The fourth-order valence-electron chi connectivity index (χ4n) is 3.65. The van der Waals surface area contributed by atoms with Gasteiger partial charge in [-0.05, 0) is 42.5 Å². The Morgan fingerprint density at radius 2 is 1.89 bits per heavy atom. The van der Waals surface area contributed by atoms with E-state index in [1.165, 1.54) is 44.2 Å². The molecule has 0 radical (unpaired) electrons. The van der Waals surface area contributed by atoms with Crippen molar-refractivity contribution in [2.75, 3.05) is 5.32 Å². The van der Waals surface area contributed by atoms with Crippen molar-refractivity contribution in [3.05, 3.63) is 42.0 Å². The molecule has 144 valence electrons. The first-order valence-corrected chi connectivity index (χ1v) is 9.93. The molecule has 3 rings (SSSR count). The third-order valence-corrected chi connectivity index (χ3v) is 5.04. The predicted octanol–water partition coefficient (Wildman–Crippen LogP) is 5.39. The number of hydrogen-bond donors (Lipinski definition) is 1. The number of anilines is 1. The quantitative estimate of drug-likeness (QED) is 0.743. The van der Waals surface area contributed by atoms with Crippen LogP contribution in [0.2, 0.25) is 0 Å². The molecule has 1 N–H and O–H groups in total. The Labute approximate surface area is 160 Å². The first-order valence-electron chi connectivity index (χ1n) is 9.93. The fraction of sp³-hybridized carbons (Fsp3) is 0.500. The molecule has 1 saturated carbocycles. The monoisotopic (exact) mass is 369 g/mol. The van der Waals surface area contributed by atoms with Gasteiger partial charge in [0.15, 0.2) is 5.82 Å². The van der Waals surface area contributed by atoms with E-state index in [1.807, 2.05) is 13.8 Å². The summed E-state index contributed by atoms with van der Waals surface area (Å²) in [6.07, 6.45) is 9.14. The zero-order chi connectivity index (χ0) is 19.2. The van der Waals surface area contributed by atoms with Crippen molar-refractivity contribution in [2.24, 2.45) is 11.8 Å². The smallest absolute Gasteiger partial charge is 0.225 e. The number of hydrogen-bond acceptors (Lipinski definition) is 3. The molecule has 4 nitrogen and oxygen atoms in total. The Kier molecular flexibility index (Phi) is 6.54. The Morgan fingerprint density at radius 3 is 2.56 bits per heavy atom. The molecule has 27 heavy (non-hydrogen) atoms. The molecule has 1 aliphatic rings. The Hall–Kier alpha value is -2.30. The van der Waals surface area contributed by atoms with Crippen molar-refractivity contribution in [2.45, 2.75) is 58.8 Å². The number of halogens is 1. The van der Waals surface area contributed by atoms with Crippen LogP contribution in [-0.4, -0.2) is 15.9 Å². The van der Waals surface area contributed by atoms with Gasteiger partial charge in [-0.3, -0.25) is 4.79 Å². The van der Waals surface area contributed by atoms with E-state index < -0.39 is 0 Å². The van der Waals surface area contributed by atoms with Crippen LogP contribution < -0.4 is 5.32 Å². The number of carbonyl (C=O) groups excluding carboxylic acids is 1. The van der Waals surface area contributed by atoms with Crippen LogP contribution in [0.4, 0.5) is 10.2 Å². The van der Waals surface area contributed by atoms with Gasteiger partial charge in [-0.15, -0.1) is 0 Å². The molecular weight excluding hydrogens is 341 g/mol. The average molecular weight is 369 g/mol. The topological polar surface area (TPSA) is 54.9 Å². The zero-order valence-corrected chi connectivity index (χ0v) is 16.2. The summed E-state index contributed by atoms with van der Waals surface area (Å²) in [5.74, 6) is 1.14. The van der Waals surface area contributed by atoms with Gasteiger partial charge in [0.2, 0.25) is 5.91 Å². The number of amides is 1. The molecule has 1 aliphatic carbocycles. The van der Waals surface area contributed by atoms with Crippen LogP contribution in [0.3, 0.4) is 0 Å². The largest absolute Gasteiger partial charge is 0.309 e. The van der Waals surface area contributed by atoms with E-state index in [4.69, 9.17) is 4.98 Å². The fourth-order valence-corrected chi connectivity index (χ4v) is 3.65. The maximum Gasteiger partial charge on any atom is 0.225 e. The van der Waals surface area contributed by atoms with Gasteiger partial charge in [-0.1, -0.05) is 46.0 Å². The molecular formula is C22H28FN3O. The summed E-state index contributed by atoms with van der Waals surface area (Å²) in [5, 5.41) is 2.95. The second kappa shape index (κ2) is 9.07. The van der Waals surface area contributed by atoms with Gasteiger partial charge in [-0.25, -0.2) is 14.4 Å². The highest BCUT2D eigenvalue weighted by atomic mass is 19.1. The third kappa shape index (κ3) is 5.59. The summed E-state index contributed by atoms with van der Waals surface area (Å²) in [7, 11) is 0. The van der Waals surface area contributed by atoms with Gasteiger partial charge >= 0.3 is 0 Å². The summed E-state index contributed by atoms with van der Waals surface area (Å²) < 4.78 is 13.2. The maximum absolute atomic E-state index is 13.2. The second-order valence-electron chi connectivity index (χ2n) is 7.91. The van der Waals surface area contributed by atoms with E-state index in [9.17, 15) is 9.18 Å². The van der Waals surface area contributed by atoms with Gasteiger partial charge in [0.05, 0.1) is 17.6 Å². The van der Waals surface area contributed by atoms with Gasteiger partial charge in [0, 0.05) is 12.0 Å². The van der Waals surface area contributed by atoms with Crippen LogP contribution >= 0.6 is 0 Å². The zero-order valence-electron chi connectivity index (χ0n) is 16.2. The van der Waals surface area contributed by atoms with Gasteiger partial charge in [0.1, 0.15) is 5.82 Å². The summed E-state index contributed by atoms with van der Waals surface area (Å²) in [6, 6.07) is 6.27. The van der Waals surface area contributed by atoms with Crippen LogP contribution in [0.25, 0.3) is 11.3 Å². The lowest BCUT2D eigenvalue weighted by Gasteiger charge is -2.22. The van der Waals surface area contributed by atoms with Gasteiger partial charge in [0.25, 0.3) is 0 Å². The van der Waals surface area contributed by atoms with Gasteiger partial charge < -0.3 is 5.32 Å². The molecule has 2 aromatic rings. The molecule has 1 fully saturated rings. The second-order valence-corrected chi connectivity index (χ2v) is 7.91.